The fourth-order valence-corrected chi connectivity index (χ4v) is 1.59. The highest BCUT2D eigenvalue weighted by Crippen LogP contribution is 2.18. The predicted molar refractivity (Wildman–Crippen MR) is 59.4 cm³/mol. The Morgan fingerprint density at radius 2 is 2.20 bits per heavy atom. The third-order valence-electron chi connectivity index (χ3n) is 2.05. The molecular weight excluding hydrogens is 212 g/mol. The van der Waals surface area contributed by atoms with E-state index >= 15 is 0 Å². The summed E-state index contributed by atoms with van der Waals surface area (Å²) in [6.07, 6.45) is 4.92. The minimum Gasteiger partial charge on any atom is -0.755 e. The van der Waals surface area contributed by atoms with Crippen molar-refractivity contribution in [1.82, 2.24) is 9.71 Å². The zero-order chi connectivity index (χ0) is 10.7. The molecule has 4 nitrogen and oxygen atoms in total. The van der Waals surface area contributed by atoms with Gasteiger partial charge in [-0.25, -0.2) is 0 Å². The molecule has 2 aromatic rings. The first-order valence-corrected chi connectivity index (χ1v) is 5.43. The maximum absolute atomic E-state index is 10.2. The van der Waals surface area contributed by atoms with E-state index in [0.29, 0.717) is 0 Å². The van der Waals surface area contributed by atoms with Crippen LogP contribution in [0.3, 0.4) is 0 Å². The van der Waals surface area contributed by atoms with Crippen molar-refractivity contribution < 1.29 is 8.76 Å². The normalized spacial score (nSPS) is 13.4. The van der Waals surface area contributed by atoms with Crippen molar-refractivity contribution >= 4 is 28.2 Å². The molecule has 1 atom stereocenters. The number of hydrogen-bond donors (Lipinski definition) is 2. The van der Waals surface area contributed by atoms with Crippen molar-refractivity contribution in [2.75, 3.05) is 0 Å². The van der Waals surface area contributed by atoms with Gasteiger partial charge in [-0.05, 0) is 12.1 Å². The lowest BCUT2D eigenvalue weighted by Crippen LogP contribution is -2.06. The summed E-state index contributed by atoms with van der Waals surface area (Å²) in [5.74, 6) is 0. The van der Waals surface area contributed by atoms with Gasteiger partial charge >= 0.3 is 0 Å². The van der Waals surface area contributed by atoms with E-state index in [0.717, 1.165) is 16.5 Å². The average Bonchev–Trinajstić information content (AvgIpc) is 2.62. The van der Waals surface area contributed by atoms with Crippen molar-refractivity contribution in [1.29, 1.82) is 0 Å². The molecule has 1 unspecified atom stereocenters. The Balaban J connectivity index is 2.28. The highest BCUT2D eigenvalue weighted by molar-refractivity contribution is 7.77. The van der Waals surface area contributed by atoms with Crippen LogP contribution in [0.25, 0.3) is 17.0 Å². The second-order valence-corrected chi connectivity index (χ2v) is 3.68. The molecule has 0 aliphatic carbocycles. The maximum atomic E-state index is 10.2. The molecular formula is C10H9N2O2S-. The van der Waals surface area contributed by atoms with Crippen molar-refractivity contribution in [3.8, 4) is 0 Å². The molecule has 0 aliphatic heterocycles. The smallest absolute Gasteiger partial charge is 0.0460 e. The van der Waals surface area contributed by atoms with Gasteiger partial charge in [0.25, 0.3) is 0 Å². The molecule has 1 aromatic heterocycles. The average molecular weight is 221 g/mol. The van der Waals surface area contributed by atoms with Crippen molar-refractivity contribution in [3.05, 3.63) is 42.2 Å². The molecule has 15 heavy (non-hydrogen) atoms. The molecule has 0 saturated carbocycles. The number of fused-ring (bicyclic) bond motifs is 1. The van der Waals surface area contributed by atoms with Gasteiger partial charge < -0.3 is 14.3 Å². The molecule has 0 bridgehead atoms. The van der Waals surface area contributed by atoms with Crippen LogP contribution in [0.15, 0.2) is 36.7 Å². The first-order valence-electron chi connectivity index (χ1n) is 4.35. The molecule has 5 heteroatoms. The number of hydrogen-bond acceptors (Lipinski definition) is 2. The number of rotatable bonds is 3. The first-order chi connectivity index (χ1) is 7.27. The molecule has 78 valence electrons. The van der Waals surface area contributed by atoms with Crippen LogP contribution in [-0.4, -0.2) is 13.7 Å². The fourth-order valence-electron chi connectivity index (χ4n) is 1.41. The minimum absolute atomic E-state index is 0.948. The Kier molecular flexibility index (Phi) is 2.84. The molecule has 0 radical (unpaired) electrons. The van der Waals surface area contributed by atoms with Crippen LogP contribution in [0.4, 0.5) is 0 Å². The molecule has 0 aliphatic rings. The second kappa shape index (κ2) is 4.29. The van der Waals surface area contributed by atoms with E-state index in [1.54, 1.807) is 6.08 Å². The summed E-state index contributed by atoms with van der Waals surface area (Å²) >= 11 is -2.26. The summed E-state index contributed by atoms with van der Waals surface area (Å²) in [5.41, 5.74) is 1.98. The predicted octanol–water partition coefficient (Wildman–Crippen LogP) is 1.52. The van der Waals surface area contributed by atoms with Gasteiger partial charge in [-0.2, -0.15) is 0 Å². The summed E-state index contributed by atoms with van der Waals surface area (Å²) in [7, 11) is 0. The molecule has 2 N–H and O–H groups in total. The Bertz CT molecular complexity index is 519. The van der Waals surface area contributed by atoms with E-state index in [1.165, 1.54) is 6.20 Å². The van der Waals surface area contributed by atoms with Crippen molar-refractivity contribution in [3.63, 3.8) is 0 Å². The van der Waals surface area contributed by atoms with Crippen LogP contribution in [-0.2, 0) is 11.3 Å². The molecule has 0 amide bonds. The minimum atomic E-state index is -2.26. The molecule has 1 aromatic carbocycles. The Morgan fingerprint density at radius 1 is 1.40 bits per heavy atom. The van der Waals surface area contributed by atoms with Gasteiger partial charge in [0.15, 0.2) is 0 Å². The number of para-hydroxylation sites is 1. The van der Waals surface area contributed by atoms with Crippen LogP contribution in [0.5, 0.6) is 0 Å². The second-order valence-electron chi connectivity index (χ2n) is 2.98. The van der Waals surface area contributed by atoms with Crippen LogP contribution >= 0.6 is 0 Å². The number of nitrogens with one attached hydrogen (secondary N) is 2. The van der Waals surface area contributed by atoms with Crippen LogP contribution in [0, 0.1) is 0 Å². The molecule has 0 saturated heterocycles. The Hall–Kier alpha value is -1.59. The SMILES string of the molecule is O=S([O-])NC=Cc1c[nH]c2ccccc12. The van der Waals surface area contributed by atoms with Crippen molar-refractivity contribution in [2.45, 2.75) is 0 Å². The largest absolute Gasteiger partial charge is 0.755 e. The quantitative estimate of drug-likeness (QED) is 0.771. The summed E-state index contributed by atoms with van der Waals surface area (Å²) in [4.78, 5) is 3.09. The third kappa shape index (κ3) is 2.26. The van der Waals surface area contributed by atoms with Gasteiger partial charge in [0.1, 0.15) is 0 Å². The van der Waals surface area contributed by atoms with E-state index in [1.807, 2.05) is 30.5 Å². The standard InChI is InChI=1S/C10H10N2O2S/c13-15(14)12-6-5-8-7-11-10-4-2-1-3-9(8)10/h1-7,11-12H,(H,13,14)/p-1. The lowest BCUT2D eigenvalue weighted by molar-refractivity contribution is 0.531. The third-order valence-corrected chi connectivity index (χ3v) is 2.38. The zero-order valence-electron chi connectivity index (χ0n) is 7.77. The van der Waals surface area contributed by atoms with Gasteiger partial charge in [0.2, 0.25) is 0 Å². The number of aromatic nitrogens is 1. The lowest BCUT2D eigenvalue weighted by atomic mass is 10.2. The number of benzene rings is 1. The van der Waals surface area contributed by atoms with Gasteiger partial charge in [-0.3, -0.25) is 4.21 Å². The number of aromatic amines is 1. The van der Waals surface area contributed by atoms with E-state index in [4.69, 9.17) is 0 Å². The fraction of sp³-hybridized carbons (Fsp3) is 0. The van der Waals surface area contributed by atoms with Gasteiger partial charge in [-0.15, -0.1) is 0 Å². The summed E-state index contributed by atoms with van der Waals surface area (Å²) in [6.45, 7) is 0. The highest BCUT2D eigenvalue weighted by Gasteiger charge is 1.97. The highest BCUT2D eigenvalue weighted by atomic mass is 32.2. The van der Waals surface area contributed by atoms with E-state index in [9.17, 15) is 8.76 Å². The zero-order valence-corrected chi connectivity index (χ0v) is 8.58. The molecule has 1 heterocycles. The van der Waals surface area contributed by atoms with Crippen LogP contribution in [0.1, 0.15) is 5.56 Å². The van der Waals surface area contributed by atoms with E-state index in [-0.39, 0.29) is 0 Å². The molecule has 2 rings (SSSR count). The van der Waals surface area contributed by atoms with Crippen molar-refractivity contribution in [2.24, 2.45) is 0 Å². The van der Waals surface area contributed by atoms with Gasteiger partial charge in [0.05, 0.1) is 0 Å². The summed E-state index contributed by atoms with van der Waals surface area (Å²) < 4.78 is 22.6. The maximum Gasteiger partial charge on any atom is 0.0460 e. The lowest BCUT2D eigenvalue weighted by Gasteiger charge is -2.01. The first kappa shape index (κ1) is 9.95. The Morgan fingerprint density at radius 3 is 3.00 bits per heavy atom. The monoisotopic (exact) mass is 221 g/mol. The van der Waals surface area contributed by atoms with Gasteiger partial charge in [-0.1, -0.05) is 18.2 Å². The van der Waals surface area contributed by atoms with E-state index in [2.05, 4.69) is 9.71 Å². The van der Waals surface area contributed by atoms with Crippen LogP contribution < -0.4 is 4.72 Å². The van der Waals surface area contributed by atoms with Crippen LogP contribution in [0.2, 0.25) is 0 Å². The Labute approximate surface area is 89.4 Å². The summed E-state index contributed by atoms with van der Waals surface area (Å²) in [6, 6.07) is 7.81. The topological polar surface area (TPSA) is 67.9 Å². The summed E-state index contributed by atoms with van der Waals surface area (Å²) in [5, 5.41) is 1.06. The number of H-pyrrole nitrogens is 1. The molecule has 0 spiro atoms. The van der Waals surface area contributed by atoms with E-state index < -0.39 is 11.3 Å². The van der Waals surface area contributed by atoms with Gasteiger partial charge in [0, 0.05) is 40.1 Å². The molecule has 0 fully saturated rings.